The molecule has 1 aromatic heterocycles. The Bertz CT molecular complexity index is 589. The molecule has 1 heterocycles. The van der Waals surface area contributed by atoms with Crippen LogP contribution in [-0.4, -0.2) is 33.6 Å². The summed E-state index contributed by atoms with van der Waals surface area (Å²) >= 11 is 0. The van der Waals surface area contributed by atoms with Crippen LogP contribution in [0, 0.1) is 0 Å². The van der Waals surface area contributed by atoms with Gasteiger partial charge in [0.25, 0.3) is 0 Å². The van der Waals surface area contributed by atoms with Crippen molar-refractivity contribution < 1.29 is 9.84 Å². The van der Waals surface area contributed by atoms with Crippen LogP contribution in [0.3, 0.4) is 0 Å². The smallest absolute Gasteiger partial charge is 0.343 e. The van der Waals surface area contributed by atoms with Gasteiger partial charge >= 0.3 is 5.69 Å². The largest absolute Gasteiger partial charge is 0.497 e. The molecule has 1 aromatic carbocycles. The first-order chi connectivity index (χ1) is 9.24. The number of methoxy groups -OCH3 is 1. The van der Waals surface area contributed by atoms with Gasteiger partial charge in [0.05, 0.1) is 13.7 Å². The SMILES string of the molecule is COc1cccc(Cn2c(CCCO)n[nH]c2=O)c1. The Balaban J connectivity index is 2.22. The fourth-order valence-electron chi connectivity index (χ4n) is 1.89. The zero-order valence-electron chi connectivity index (χ0n) is 10.8. The molecule has 2 N–H and O–H groups in total. The third kappa shape index (κ3) is 3.23. The van der Waals surface area contributed by atoms with Crippen LogP contribution in [0.1, 0.15) is 17.8 Å². The molecule has 0 saturated carbocycles. The number of ether oxygens (including phenoxy) is 1. The van der Waals surface area contributed by atoms with E-state index in [0.717, 1.165) is 11.3 Å². The lowest BCUT2D eigenvalue weighted by Crippen LogP contribution is -2.19. The van der Waals surface area contributed by atoms with Crippen LogP contribution in [0.2, 0.25) is 0 Å². The van der Waals surface area contributed by atoms with E-state index in [1.165, 1.54) is 0 Å². The van der Waals surface area contributed by atoms with Gasteiger partial charge in [-0.25, -0.2) is 9.89 Å². The molecule has 102 valence electrons. The normalized spacial score (nSPS) is 10.6. The molecule has 2 aromatic rings. The Morgan fingerprint density at radius 3 is 3.05 bits per heavy atom. The van der Waals surface area contributed by atoms with Crippen molar-refractivity contribution in [1.29, 1.82) is 0 Å². The predicted octanol–water partition coefficient (Wildman–Crippen LogP) is 0.553. The lowest BCUT2D eigenvalue weighted by Gasteiger charge is -2.07. The first kappa shape index (κ1) is 13.4. The van der Waals surface area contributed by atoms with Gasteiger partial charge in [-0.1, -0.05) is 12.1 Å². The second-order valence-electron chi connectivity index (χ2n) is 4.21. The van der Waals surface area contributed by atoms with Crippen LogP contribution in [0.25, 0.3) is 0 Å². The minimum Gasteiger partial charge on any atom is -0.497 e. The van der Waals surface area contributed by atoms with Crippen molar-refractivity contribution in [3.8, 4) is 5.75 Å². The molecule has 0 radical (unpaired) electrons. The van der Waals surface area contributed by atoms with E-state index in [-0.39, 0.29) is 12.3 Å². The van der Waals surface area contributed by atoms with Gasteiger partial charge in [0, 0.05) is 13.0 Å². The fourth-order valence-corrected chi connectivity index (χ4v) is 1.89. The molecule has 2 rings (SSSR count). The van der Waals surface area contributed by atoms with E-state index in [0.29, 0.717) is 25.2 Å². The van der Waals surface area contributed by atoms with E-state index < -0.39 is 0 Å². The number of aliphatic hydroxyl groups is 1. The quantitative estimate of drug-likeness (QED) is 0.797. The summed E-state index contributed by atoms with van der Waals surface area (Å²) in [6, 6.07) is 7.55. The van der Waals surface area contributed by atoms with E-state index in [4.69, 9.17) is 9.84 Å². The summed E-state index contributed by atoms with van der Waals surface area (Å²) in [6.45, 7) is 0.521. The summed E-state index contributed by atoms with van der Waals surface area (Å²) in [7, 11) is 1.61. The number of H-pyrrole nitrogens is 1. The predicted molar refractivity (Wildman–Crippen MR) is 70.4 cm³/mol. The number of aryl methyl sites for hydroxylation is 1. The van der Waals surface area contributed by atoms with Crippen molar-refractivity contribution in [2.45, 2.75) is 19.4 Å². The number of aliphatic hydroxyl groups excluding tert-OH is 1. The highest BCUT2D eigenvalue weighted by molar-refractivity contribution is 5.28. The highest BCUT2D eigenvalue weighted by Crippen LogP contribution is 2.13. The molecule has 0 bridgehead atoms. The number of hydrogen-bond acceptors (Lipinski definition) is 4. The highest BCUT2D eigenvalue weighted by Gasteiger charge is 2.08. The Morgan fingerprint density at radius 2 is 2.32 bits per heavy atom. The van der Waals surface area contributed by atoms with Crippen molar-refractivity contribution in [2.24, 2.45) is 0 Å². The van der Waals surface area contributed by atoms with E-state index in [1.54, 1.807) is 11.7 Å². The van der Waals surface area contributed by atoms with Crippen LogP contribution in [0.4, 0.5) is 0 Å². The third-order valence-corrected chi connectivity index (χ3v) is 2.87. The Labute approximate surface area is 110 Å². The second kappa shape index (κ2) is 6.19. The standard InChI is InChI=1S/C13H17N3O3/c1-19-11-5-2-4-10(8-11)9-16-12(6-3-7-17)14-15-13(16)18/h2,4-5,8,17H,3,6-7,9H2,1H3,(H,15,18). The lowest BCUT2D eigenvalue weighted by molar-refractivity contribution is 0.287. The molecule has 0 aliphatic heterocycles. The van der Waals surface area contributed by atoms with Crippen molar-refractivity contribution >= 4 is 0 Å². The van der Waals surface area contributed by atoms with E-state index in [2.05, 4.69) is 10.2 Å². The average Bonchev–Trinajstić information content (AvgIpc) is 2.78. The first-order valence-electron chi connectivity index (χ1n) is 6.12. The fraction of sp³-hybridized carbons (Fsp3) is 0.385. The summed E-state index contributed by atoms with van der Waals surface area (Å²) in [5, 5.41) is 15.3. The molecule has 0 spiro atoms. The summed E-state index contributed by atoms with van der Waals surface area (Å²) in [5.41, 5.74) is 0.726. The molecule has 6 nitrogen and oxygen atoms in total. The van der Waals surface area contributed by atoms with Crippen molar-refractivity contribution in [2.75, 3.05) is 13.7 Å². The minimum absolute atomic E-state index is 0.0835. The number of aromatic nitrogens is 3. The highest BCUT2D eigenvalue weighted by atomic mass is 16.5. The number of benzene rings is 1. The minimum atomic E-state index is -0.240. The zero-order valence-corrected chi connectivity index (χ0v) is 10.8. The summed E-state index contributed by atoms with van der Waals surface area (Å²) in [5.74, 6) is 1.41. The summed E-state index contributed by atoms with van der Waals surface area (Å²) < 4.78 is 6.73. The zero-order chi connectivity index (χ0) is 13.7. The molecule has 0 saturated heterocycles. The van der Waals surface area contributed by atoms with Crippen molar-refractivity contribution in [1.82, 2.24) is 14.8 Å². The van der Waals surface area contributed by atoms with Crippen molar-refractivity contribution in [3.63, 3.8) is 0 Å². The molecule has 0 atom stereocenters. The molecule has 0 amide bonds. The maximum Gasteiger partial charge on any atom is 0.343 e. The molecule has 19 heavy (non-hydrogen) atoms. The van der Waals surface area contributed by atoms with Gasteiger partial charge in [0.1, 0.15) is 11.6 Å². The Kier molecular flexibility index (Phi) is 4.35. The number of rotatable bonds is 6. The molecule has 6 heteroatoms. The van der Waals surface area contributed by atoms with Gasteiger partial charge in [-0.2, -0.15) is 5.10 Å². The van der Waals surface area contributed by atoms with E-state index in [9.17, 15) is 4.79 Å². The number of nitrogens with zero attached hydrogens (tertiary/aromatic N) is 2. The number of aromatic amines is 1. The van der Waals surface area contributed by atoms with Crippen LogP contribution in [0.5, 0.6) is 5.75 Å². The van der Waals surface area contributed by atoms with Crippen LogP contribution in [0.15, 0.2) is 29.1 Å². The molecule has 0 fully saturated rings. The maximum absolute atomic E-state index is 11.7. The monoisotopic (exact) mass is 263 g/mol. The third-order valence-electron chi connectivity index (χ3n) is 2.87. The van der Waals surface area contributed by atoms with Crippen LogP contribution < -0.4 is 10.4 Å². The maximum atomic E-state index is 11.7. The summed E-state index contributed by atoms with van der Waals surface area (Å²) in [6.07, 6.45) is 1.15. The molecule has 0 unspecified atom stereocenters. The first-order valence-corrected chi connectivity index (χ1v) is 6.12. The molecule has 0 aliphatic carbocycles. The Hall–Kier alpha value is -2.08. The Morgan fingerprint density at radius 1 is 1.47 bits per heavy atom. The van der Waals surface area contributed by atoms with Gasteiger partial charge in [-0.15, -0.1) is 0 Å². The van der Waals surface area contributed by atoms with Gasteiger partial charge < -0.3 is 9.84 Å². The van der Waals surface area contributed by atoms with E-state index >= 15 is 0 Å². The van der Waals surface area contributed by atoms with Gasteiger partial charge in [-0.05, 0) is 24.1 Å². The van der Waals surface area contributed by atoms with Crippen LogP contribution >= 0.6 is 0 Å². The average molecular weight is 263 g/mol. The van der Waals surface area contributed by atoms with Gasteiger partial charge in [0.15, 0.2) is 0 Å². The molecule has 0 aliphatic rings. The number of nitrogens with one attached hydrogen (secondary N) is 1. The van der Waals surface area contributed by atoms with Gasteiger partial charge in [-0.3, -0.25) is 4.57 Å². The van der Waals surface area contributed by atoms with Crippen LogP contribution in [-0.2, 0) is 13.0 Å². The topological polar surface area (TPSA) is 80.1 Å². The molecular weight excluding hydrogens is 246 g/mol. The summed E-state index contributed by atoms with van der Waals surface area (Å²) in [4.78, 5) is 11.7. The lowest BCUT2D eigenvalue weighted by atomic mass is 10.2. The van der Waals surface area contributed by atoms with Gasteiger partial charge in [0.2, 0.25) is 0 Å². The molecular formula is C13H17N3O3. The van der Waals surface area contributed by atoms with E-state index in [1.807, 2.05) is 24.3 Å². The number of hydrogen-bond donors (Lipinski definition) is 2. The van der Waals surface area contributed by atoms with Crippen molar-refractivity contribution in [3.05, 3.63) is 46.1 Å². The second-order valence-corrected chi connectivity index (χ2v) is 4.21.